The minimum atomic E-state index is -0.409. The normalized spacial score (nSPS) is 24.8. The van der Waals surface area contributed by atoms with Crippen molar-refractivity contribution in [2.24, 2.45) is 0 Å². The van der Waals surface area contributed by atoms with Crippen molar-refractivity contribution in [2.75, 3.05) is 26.3 Å². The van der Waals surface area contributed by atoms with Gasteiger partial charge in [-0.05, 0) is 25.3 Å². The Morgan fingerprint density at radius 3 is 2.33 bits per heavy atom. The topological polar surface area (TPSA) is 50.8 Å². The fourth-order valence-electron chi connectivity index (χ4n) is 4.71. The van der Waals surface area contributed by atoms with Crippen LogP contribution in [-0.4, -0.2) is 48.9 Å². The summed E-state index contributed by atoms with van der Waals surface area (Å²) in [6.45, 7) is 5.08. The molecule has 148 valence electrons. The van der Waals surface area contributed by atoms with Gasteiger partial charge in [0.05, 0.1) is 13.2 Å². The Kier molecular flexibility index (Phi) is 5.81. The van der Waals surface area contributed by atoms with Crippen LogP contribution in [0.2, 0.25) is 0 Å². The van der Waals surface area contributed by atoms with Crippen molar-refractivity contribution >= 4 is 5.91 Å². The average molecular weight is 373 g/mol. The third-order valence-corrected chi connectivity index (χ3v) is 6.33. The minimum absolute atomic E-state index is 0.148. The van der Waals surface area contributed by atoms with Gasteiger partial charge in [-0.25, -0.2) is 0 Å². The molecule has 1 spiro atoms. The summed E-state index contributed by atoms with van der Waals surface area (Å²) in [6, 6.07) is 8.51. The van der Waals surface area contributed by atoms with E-state index in [9.17, 15) is 4.79 Å². The smallest absolute Gasteiger partial charge is 0.242 e. The van der Waals surface area contributed by atoms with E-state index in [0.717, 1.165) is 44.3 Å². The van der Waals surface area contributed by atoms with Gasteiger partial charge in [0.25, 0.3) is 0 Å². The quantitative estimate of drug-likeness (QED) is 0.881. The SMILES string of the molecule is Cc1ccc(C(C(=O)NC2CCCCC2)N2CCC3(CC2)OCCO3)cc1. The van der Waals surface area contributed by atoms with Crippen molar-refractivity contribution in [3.63, 3.8) is 0 Å². The molecule has 1 unspecified atom stereocenters. The zero-order valence-electron chi connectivity index (χ0n) is 16.4. The van der Waals surface area contributed by atoms with Crippen LogP contribution in [-0.2, 0) is 14.3 Å². The molecular formula is C22H32N2O3. The number of piperidine rings is 1. The highest BCUT2D eigenvalue weighted by Gasteiger charge is 2.42. The van der Waals surface area contributed by atoms with E-state index in [4.69, 9.17) is 9.47 Å². The fourth-order valence-corrected chi connectivity index (χ4v) is 4.71. The van der Waals surface area contributed by atoms with Crippen LogP contribution in [0.3, 0.4) is 0 Å². The lowest BCUT2D eigenvalue weighted by atomic mass is 9.94. The highest BCUT2D eigenvalue weighted by Crippen LogP contribution is 2.35. The van der Waals surface area contributed by atoms with E-state index < -0.39 is 5.79 Å². The van der Waals surface area contributed by atoms with E-state index >= 15 is 0 Å². The van der Waals surface area contributed by atoms with Crippen LogP contribution in [0.5, 0.6) is 0 Å². The summed E-state index contributed by atoms with van der Waals surface area (Å²) in [5.74, 6) is -0.260. The van der Waals surface area contributed by atoms with E-state index in [-0.39, 0.29) is 11.9 Å². The van der Waals surface area contributed by atoms with Crippen molar-refractivity contribution in [3.05, 3.63) is 35.4 Å². The monoisotopic (exact) mass is 372 g/mol. The number of amides is 1. The molecule has 2 heterocycles. The lowest BCUT2D eigenvalue weighted by Gasteiger charge is -2.41. The molecule has 3 fully saturated rings. The molecule has 2 aliphatic heterocycles. The molecule has 0 aromatic heterocycles. The first-order valence-electron chi connectivity index (χ1n) is 10.5. The molecule has 1 atom stereocenters. The molecular weight excluding hydrogens is 340 g/mol. The largest absolute Gasteiger partial charge is 0.352 e. The van der Waals surface area contributed by atoms with Gasteiger partial charge < -0.3 is 14.8 Å². The second-order valence-corrected chi connectivity index (χ2v) is 8.30. The van der Waals surface area contributed by atoms with Gasteiger partial charge in [-0.2, -0.15) is 0 Å². The van der Waals surface area contributed by atoms with Crippen molar-refractivity contribution in [3.8, 4) is 0 Å². The highest BCUT2D eigenvalue weighted by molar-refractivity contribution is 5.83. The maximum Gasteiger partial charge on any atom is 0.242 e. The van der Waals surface area contributed by atoms with Crippen LogP contribution in [0.25, 0.3) is 0 Å². The third kappa shape index (κ3) is 4.36. The zero-order chi connectivity index (χ0) is 18.7. The molecule has 1 aromatic carbocycles. The van der Waals surface area contributed by atoms with Gasteiger partial charge in [0.2, 0.25) is 5.91 Å². The standard InChI is InChI=1S/C22H32N2O3/c1-17-7-9-18(10-8-17)20(21(25)23-19-5-3-2-4-6-19)24-13-11-22(12-14-24)26-15-16-27-22/h7-10,19-20H,2-6,11-16H2,1H3,(H,23,25). The molecule has 1 aliphatic carbocycles. The van der Waals surface area contributed by atoms with Gasteiger partial charge in [-0.3, -0.25) is 9.69 Å². The summed E-state index contributed by atoms with van der Waals surface area (Å²) in [6.07, 6.45) is 7.61. The Balaban J connectivity index is 1.49. The van der Waals surface area contributed by atoms with Gasteiger partial charge in [0, 0.05) is 32.0 Å². The Hall–Kier alpha value is -1.43. The molecule has 5 nitrogen and oxygen atoms in total. The summed E-state index contributed by atoms with van der Waals surface area (Å²) in [5, 5.41) is 3.35. The van der Waals surface area contributed by atoms with Crippen LogP contribution < -0.4 is 5.32 Å². The predicted octanol–water partition coefficient (Wildman–Crippen LogP) is 3.32. The first-order chi connectivity index (χ1) is 13.2. The summed E-state index contributed by atoms with van der Waals surface area (Å²) in [7, 11) is 0. The number of rotatable bonds is 4. The highest BCUT2D eigenvalue weighted by atomic mass is 16.7. The van der Waals surface area contributed by atoms with Crippen molar-refractivity contribution in [2.45, 2.75) is 69.7 Å². The maximum absolute atomic E-state index is 13.3. The fraction of sp³-hybridized carbons (Fsp3) is 0.682. The van der Waals surface area contributed by atoms with E-state index in [1.54, 1.807) is 0 Å². The van der Waals surface area contributed by atoms with Crippen LogP contribution in [0.15, 0.2) is 24.3 Å². The molecule has 1 aromatic rings. The third-order valence-electron chi connectivity index (χ3n) is 6.33. The first-order valence-corrected chi connectivity index (χ1v) is 10.5. The maximum atomic E-state index is 13.3. The van der Waals surface area contributed by atoms with Crippen molar-refractivity contribution in [1.82, 2.24) is 10.2 Å². The van der Waals surface area contributed by atoms with Gasteiger partial charge in [0.15, 0.2) is 5.79 Å². The molecule has 1 amide bonds. The van der Waals surface area contributed by atoms with Gasteiger partial charge >= 0.3 is 0 Å². The van der Waals surface area contributed by atoms with Gasteiger partial charge in [-0.1, -0.05) is 49.1 Å². The summed E-state index contributed by atoms with van der Waals surface area (Å²) in [4.78, 5) is 15.6. The number of hydrogen-bond donors (Lipinski definition) is 1. The van der Waals surface area contributed by atoms with Crippen LogP contribution in [0, 0.1) is 6.92 Å². The molecule has 3 aliphatic rings. The molecule has 0 radical (unpaired) electrons. The lowest BCUT2D eigenvalue weighted by molar-refractivity contribution is -0.189. The molecule has 0 bridgehead atoms. The van der Waals surface area contributed by atoms with Crippen molar-refractivity contribution < 1.29 is 14.3 Å². The van der Waals surface area contributed by atoms with E-state index in [2.05, 4.69) is 41.4 Å². The molecule has 5 heteroatoms. The number of ether oxygens (including phenoxy) is 2. The van der Waals surface area contributed by atoms with Crippen LogP contribution in [0.1, 0.15) is 62.1 Å². The number of carbonyl (C=O) groups is 1. The molecule has 1 saturated carbocycles. The second-order valence-electron chi connectivity index (χ2n) is 8.30. The predicted molar refractivity (Wildman–Crippen MR) is 104 cm³/mol. The summed E-state index contributed by atoms with van der Waals surface area (Å²) < 4.78 is 11.7. The zero-order valence-corrected chi connectivity index (χ0v) is 16.4. The van der Waals surface area contributed by atoms with Crippen LogP contribution in [0.4, 0.5) is 0 Å². The van der Waals surface area contributed by atoms with E-state index in [1.807, 2.05) is 0 Å². The Morgan fingerprint density at radius 1 is 1.07 bits per heavy atom. The molecule has 27 heavy (non-hydrogen) atoms. The van der Waals surface area contributed by atoms with Crippen LogP contribution >= 0.6 is 0 Å². The molecule has 4 rings (SSSR count). The number of nitrogens with one attached hydrogen (secondary N) is 1. The average Bonchev–Trinajstić information content (AvgIpc) is 3.14. The first kappa shape index (κ1) is 18.9. The number of aryl methyl sites for hydroxylation is 1. The number of benzene rings is 1. The number of likely N-dealkylation sites (tertiary alicyclic amines) is 1. The number of carbonyl (C=O) groups excluding carboxylic acids is 1. The van der Waals surface area contributed by atoms with E-state index in [0.29, 0.717) is 19.3 Å². The summed E-state index contributed by atoms with van der Waals surface area (Å²) in [5.41, 5.74) is 2.30. The minimum Gasteiger partial charge on any atom is -0.352 e. The number of hydrogen-bond acceptors (Lipinski definition) is 4. The Morgan fingerprint density at radius 2 is 1.70 bits per heavy atom. The van der Waals surface area contributed by atoms with Crippen molar-refractivity contribution in [1.29, 1.82) is 0 Å². The molecule has 2 saturated heterocycles. The van der Waals surface area contributed by atoms with Gasteiger partial charge in [-0.15, -0.1) is 0 Å². The summed E-state index contributed by atoms with van der Waals surface area (Å²) >= 11 is 0. The second kappa shape index (κ2) is 8.29. The van der Waals surface area contributed by atoms with E-state index in [1.165, 1.54) is 24.8 Å². The lowest BCUT2D eigenvalue weighted by Crippen LogP contribution is -2.51. The number of nitrogens with zero attached hydrogens (tertiary/aromatic N) is 1. The Labute approximate surface area is 162 Å². The van der Waals surface area contributed by atoms with Gasteiger partial charge in [0.1, 0.15) is 6.04 Å². The molecule has 1 N–H and O–H groups in total. The Bertz CT molecular complexity index is 623.